The number of rotatable bonds is 12. The standard InChI is InChI=1S/C72H48O8/c1-45(73)46-19-21-47(22-20-46)68(74)78-57-37-29-54(30-38-57)72(66-17-9-5-13-62(66)63-14-6-10-18-67(63)72)55-33-41-59(42-34-55)80-70(76)51-26-24-48-43-50(25-23-49(48)44-51)69(75)79-58-39-31-53(32-40-58)71(52-27-35-56(77-2)36-28-52)64-15-7-3-11-60(64)61-12-4-8-16-65(61)71/h3-44H,1-2H3. The van der Waals surface area contributed by atoms with Crippen molar-refractivity contribution in [3.63, 3.8) is 0 Å². The Hall–Kier alpha value is -10.4. The van der Waals surface area contributed by atoms with E-state index >= 15 is 0 Å². The first-order valence-electron chi connectivity index (χ1n) is 26.3. The van der Waals surface area contributed by atoms with E-state index in [1.165, 1.54) is 29.2 Å². The van der Waals surface area contributed by atoms with Crippen LogP contribution in [0.3, 0.4) is 0 Å². The Morgan fingerprint density at radius 3 is 0.887 bits per heavy atom. The summed E-state index contributed by atoms with van der Waals surface area (Å²) in [6.07, 6.45) is 0. The van der Waals surface area contributed by atoms with Crippen molar-refractivity contribution >= 4 is 34.5 Å². The Morgan fingerprint density at radius 1 is 0.300 bits per heavy atom. The van der Waals surface area contributed by atoms with Gasteiger partial charge in [0.2, 0.25) is 0 Å². The van der Waals surface area contributed by atoms with Crippen molar-refractivity contribution in [2.24, 2.45) is 0 Å². The fraction of sp³-hybridized carbons (Fsp3) is 0.0556. The molecule has 384 valence electrons. The summed E-state index contributed by atoms with van der Waals surface area (Å²) < 4.78 is 23.3. The van der Waals surface area contributed by atoms with Crippen LogP contribution < -0.4 is 18.9 Å². The summed E-state index contributed by atoms with van der Waals surface area (Å²) in [5.41, 5.74) is 13.3. The largest absolute Gasteiger partial charge is 0.497 e. The zero-order chi connectivity index (χ0) is 54.5. The van der Waals surface area contributed by atoms with Crippen molar-refractivity contribution in [2.45, 2.75) is 17.8 Å². The molecular weight excluding hydrogens is 993 g/mol. The molecule has 13 rings (SSSR count). The topological polar surface area (TPSA) is 105 Å². The molecule has 11 aromatic carbocycles. The Kier molecular flexibility index (Phi) is 12.2. The first-order valence-corrected chi connectivity index (χ1v) is 26.3. The quantitative estimate of drug-likeness (QED) is 0.0677. The van der Waals surface area contributed by atoms with Gasteiger partial charge in [0.1, 0.15) is 23.0 Å². The Morgan fingerprint density at radius 2 is 0.575 bits per heavy atom. The van der Waals surface area contributed by atoms with Crippen LogP contribution in [0.4, 0.5) is 0 Å². The number of carbonyl (C=O) groups excluding carboxylic acids is 4. The Labute approximate surface area is 462 Å². The van der Waals surface area contributed by atoms with Gasteiger partial charge in [0.15, 0.2) is 5.78 Å². The van der Waals surface area contributed by atoms with Gasteiger partial charge in [-0.25, -0.2) is 14.4 Å². The number of hydrogen-bond acceptors (Lipinski definition) is 8. The molecule has 0 radical (unpaired) electrons. The van der Waals surface area contributed by atoms with Crippen LogP contribution in [0.5, 0.6) is 23.0 Å². The predicted molar refractivity (Wildman–Crippen MR) is 309 cm³/mol. The van der Waals surface area contributed by atoms with Gasteiger partial charge in [-0.3, -0.25) is 4.79 Å². The van der Waals surface area contributed by atoms with Crippen LogP contribution in [-0.2, 0) is 10.8 Å². The number of ketones is 1. The molecule has 0 fully saturated rings. The van der Waals surface area contributed by atoms with E-state index in [9.17, 15) is 19.2 Å². The minimum absolute atomic E-state index is 0.0848. The minimum atomic E-state index is -0.771. The second kappa shape index (κ2) is 19.8. The first kappa shape index (κ1) is 49.2. The number of carbonyl (C=O) groups is 4. The van der Waals surface area contributed by atoms with E-state index in [1.807, 2.05) is 97.1 Å². The lowest BCUT2D eigenvalue weighted by Gasteiger charge is -2.34. The zero-order valence-corrected chi connectivity index (χ0v) is 43.5. The van der Waals surface area contributed by atoms with Crippen molar-refractivity contribution in [3.8, 4) is 45.3 Å². The third kappa shape index (κ3) is 8.16. The van der Waals surface area contributed by atoms with Crippen molar-refractivity contribution in [3.05, 3.63) is 322 Å². The maximum absolute atomic E-state index is 13.8. The van der Waals surface area contributed by atoms with Gasteiger partial charge in [0, 0.05) is 5.56 Å². The van der Waals surface area contributed by atoms with Crippen LogP contribution in [0.1, 0.15) is 92.9 Å². The molecule has 2 aliphatic carbocycles. The van der Waals surface area contributed by atoms with Crippen molar-refractivity contribution in [2.75, 3.05) is 7.11 Å². The van der Waals surface area contributed by atoms with E-state index in [-0.39, 0.29) is 5.78 Å². The summed E-state index contributed by atoms with van der Waals surface area (Å²) in [6, 6.07) is 81.8. The number of hydrogen-bond donors (Lipinski definition) is 0. The lowest BCUT2D eigenvalue weighted by atomic mass is 9.68. The fourth-order valence-corrected chi connectivity index (χ4v) is 12.0. The van der Waals surface area contributed by atoms with Crippen molar-refractivity contribution in [1.82, 2.24) is 0 Å². The van der Waals surface area contributed by atoms with Crippen molar-refractivity contribution in [1.29, 1.82) is 0 Å². The highest BCUT2D eigenvalue weighted by molar-refractivity contribution is 6.00. The molecule has 0 aliphatic heterocycles. The molecule has 0 spiro atoms. The summed E-state index contributed by atoms with van der Waals surface area (Å²) in [7, 11) is 1.67. The third-order valence-electron chi connectivity index (χ3n) is 15.8. The summed E-state index contributed by atoms with van der Waals surface area (Å²) in [4.78, 5) is 52.5. The maximum atomic E-state index is 13.8. The van der Waals surface area contributed by atoms with E-state index in [2.05, 4.69) is 84.9 Å². The van der Waals surface area contributed by atoms with Crippen LogP contribution in [0.2, 0.25) is 0 Å². The highest BCUT2D eigenvalue weighted by atomic mass is 16.5. The lowest BCUT2D eigenvalue weighted by molar-refractivity contribution is 0.0725. The molecule has 11 aromatic rings. The molecule has 0 bridgehead atoms. The lowest BCUT2D eigenvalue weighted by Crippen LogP contribution is -2.28. The van der Waals surface area contributed by atoms with Crippen molar-refractivity contribution < 1.29 is 38.1 Å². The predicted octanol–water partition coefficient (Wildman–Crippen LogP) is 15.4. The molecule has 0 unspecified atom stereocenters. The van der Waals surface area contributed by atoms with E-state index in [0.29, 0.717) is 39.5 Å². The molecule has 0 atom stereocenters. The Bertz CT molecular complexity index is 4160. The second-order valence-electron chi connectivity index (χ2n) is 20.1. The van der Waals surface area contributed by atoms with Gasteiger partial charge in [-0.05, 0) is 169 Å². The van der Waals surface area contributed by atoms with E-state index in [0.717, 1.165) is 61.0 Å². The number of benzene rings is 11. The van der Waals surface area contributed by atoms with Crippen LogP contribution in [0.25, 0.3) is 33.0 Å². The van der Waals surface area contributed by atoms with E-state index in [4.69, 9.17) is 18.9 Å². The maximum Gasteiger partial charge on any atom is 0.343 e. The van der Waals surface area contributed by atoms with Gasteiger partial charge in [-0.15, -0.1) is 0 Å². The third-order valence-corrected chi connectivity index (χ3v) is 15.8. The summed E-state index contributed by atoms with van der Waals surface area (Å²) >= 11 is 0. The smallest absolute Gasteiger partial charge is 0.343 e. The highest BCUT2D eigenvalue weighted by Crippen LogP contribution is 2.58. The summed E-state index contributed by atoms with van der Waals surface area (Å²) in [6.45, 7) is 1.48. The average molecular weight is 1040 g/mol. The molecule has 0 saturated carbocycles. The monoisotopic (exact) mass is 1040 g/mol. The summed E-state index contributed by atoms with van der Waals surface area (Å²) in [5.74, 6) is 0.272. The molecule has 0 heterocycles. The molecule has 8 heteroatoms. The highest BCUT2D eigenvalue weighted by Gasteiger charge is 2.47. The number of ether oxygens (including phenoxy) is 4. The molecule has 8 nitrogen and oxygen atoms in total. The molecule has 80 heavy (non-hydrogen) atoms. The minimum Gasteiger partial charge on any atom is -0.497 e. The van der Waals surface area contributed by atoms with Crippen LogP contribution in [0, 0.1) is 0 Å². The SMILES string of the molecule is COc1ccc(C2(c3ccc(OC(=O)c4ccc5cc(C(=O)Oc6ccc(C7(c8ccc(OC(=O)c9ccc(C(C)=O)cc9)cc8)c8ccccc8-c8ccccc87)cc6)ccc5c4)cc3)c3ccccc3-c3ccccc32)cc1. The summed E-state index contributed by atoms with van der Waals surface area (Å²) in [5, 5.41) is 1.51. The van der Waals surface area contributed by atoms with Crippen LogP contribution in [0.15, 0.2) is 255 Å². The van der Waals surface area contributed by atoms with Gasteiger partial charge < -0.3 is 18.9 Å². The number of fused-ring (bicyclic) bond motifs is 7. The number of methoxy groups -OCH3 is 1. The van der Waals surface area contributed by atoms with Crippen LogP contribution >= 0.6 is 0 Å². The van der Waals surface area contributed by atoms with Gasteiger partial charge >= 0.3 is 17.9 Å². The number of esters is 3. The van der Waals surface area contributed by atoms with Gasteiger partial charge in [-0.1, -0.05) is 170 Å². The zero-order valence-electron chi connectivity index (χ0n) is 43.5. The second-order valence-corrected chi connectivity index (χ2v) is 20.1. The van der Waals surface area contributed by atoms with E-state index < -0.39 is 28.7 Å². The van der Waals surface area contributed by atoms with E-state index in [1.54, 1.807) is 79.9 Å². The Balaban J connectivity index is 0.730. The van der Waals surface area contributed by atoms with Gasteiger partial charge in [0.05, 0.1) is 34.6 Å². The normalized spacial score (nSPS) is 13.0. The average Bonchev–Trinajstić information content (AvgIpc) is 4.15. The van der Waals surface area contributed by atoms with Crippen LogP contribution in [-0.4, -0.2) is 30.8 Å². The molecule has 0 aromatic heterocycles. The first-order chi connectivity index (χ1) is 39.1. The number of Topliss-reactive ketones (excluding diaryl/α,β-unsaturated/α-hetero) is 1. The van der Waals surface area contributed by atoms with Gasteiger partial charge in [-0.2, -0.15) is 0 Å². The van der Waals surface area contributed by atoms with Gasteiger partial charge in [0.25, 0.3) is 0 Å². The molecular formula is C72H48O8. The molecule has 0 N–H and O–H groups in total. The molecule has 2 aliphatic rings. The molecule has 0 saturated heterocycles. The fourth-order valence-electron chi connectivity index (χ4n) is 12.0. The molecule has 0 amide bonds.